The molecule has 1 N–H and O–H groups in total. The third-order valence-corrected chi connectivity index (χ3v) is 4.74. The van der Waals surface area contributed by atoms with Gasteiger partial charge in [-0.25, -0.2) is 4.98 Å². The number of likely N-dealkylation sites (tertiary alicyclic amines) is 1. The largest absolute Gasteiger partial charge is 0.448 e. The predicted octanol–water partition coefficient (Wildman–Crippen LogP) is 2.62. The van der Waals surface area contributed by atoms with Crippen molar-refractivity contribution in [3.8, 4) is 0 Å². The second kappa shape index (κ2) is 7.05. The maximum atomic E-state index is 12.3. The van der Waals surface area contributed by atoms with Gasteiger partial charge in [-0.1, -0.05) is 6.42 Å². The summed E-state index contributed by atoms with van der Waals surface area (Å²) in [7, 11) is 0. The normalized spacial score (nSPS) is 19.6. The Bertz CT molecular complexity index is 632. The van der Waals surface area contributed by atoms with Gasteiger partial charge in [-0.15, -0.1) is 0 Å². The molecule has 1 aliphatic carbocycles. The number of alkyl halides is 3. The van der Waals surface area contributed by atoms with Gasteiger partial charge in [-0.3, -0.25) is 9.59 Å². The Labute approximate surface area is 142 Å². The van der Waals surface area contributed by atoms with Gasteiger partial charge < -0.3 is 14.6 Å². The number of aromatic nitrogens is 1. The lowest BCUT2D eigenvalue weighted by molar-refractivity contribution is -0.162. The van der Waals surface area contributed by atoms with Crippen LogP contribution in [0.3, 0.4) is 0 Å². The first-order valence-corrected chi connectivity index (χ1v) is 8.42. The molecule has 9 heteroatoms. The van der Waals surface area contributed by atoms with Crippen LogP contribution >= 0.6 is 0 Å². The van der Waals surface area contributed by atoms with Crippen LogP contribution in [0.4, 0.5) is 13.2 Å². The van der Waals surface area contributed by atoms with E-state index in [9.17, 15) is 22.8 Å². The number of hydrogen-bond donors (Lipinski definition) is 1. The maximum Gasteiger partial charge on any atom is 0.397 e. The number of rotatable bonds is 4. The fourth-order valence-corrected chi connectivity index (χ4v) is 3.05. The third-order valence-electron chi connectivity index (χ3n) is 4.74. The van der Waals surface area contributed by atoms with Crippen LogP contribution < -0.4 is 5.32 Å². The van der Waals surface area contributed by atoms with Gasteiger partial charge in [-0.05, 0) is 25.7 Å². The standard InChI is InChI=1S/C16H20F3N3O3/c17-16(18,19)8-13(23)22-6-4-11(5-7-22)20-14(24)12-9-25-15(21-12)10-2-1-3-10/h9-11H,1-8H2,(H,20,24). The summed E-state index contributed by atoms with van der Waals surface area (Å²) >= 11 is 0. The molecule has 0 radical (unpaired) electrons. The average Bonchev–Trinajstić information content (AvgIpc) is 2.94. The summed E-state index contributed by atoms with van der Waals surface area (Å²) in [6.45, 7) is 0.401. The Kier molecular flexibility index (Phi) is 5.01. The fourth-order valence-electron chi connectivity index (χ4n) is 3.05. The molecule has 2 fully saturated rings. The van der Waals surface area contributed by atoms with E-state index in [2.05, 4.69) is 10.3 Å². The lowest BCUT2D eigenvalue weighted by atomic mass is 9.85. The molecule has 0 aromatic carbocycles. The number of oxazole rings is 1. The van der Waals surface area contributed by atoms with Gasteiger partial charge in [0, 0.05) is 25.0 Å². The molecular weight excluding hydrogens is 339 g/mol. The third kappa shape index (κ3) is 4.52. The summed E-state index contributed by atoms with van der Waals surface area (Å²) in [6.07, 6.45) is -0.575. The van der Waals surface area contributed by atoms with Crippen LogP contribution in [-0.2, 0) is 4.79 Å². The molecule has 138 valence electrons. The molecule has 0 bridgehead atoms. The lowest BCUT2D eigenvalue weighted by Gasteiger charge is -2.32. The van der Waals surface area contributed by atoms with Gasteiger partial charge in [0.15, 0.2) is 11.6 Å². The highest BCUT2D eigenvalue weighted by atomic mass is 19.4. The molecule has 0 unspecified atom stereocenters. The van der Waals surface area contributed by atoms with Crippen molar-refractivity contribution in [1.82, 2.24) is 15.2 Å². The van der Waals surface area contributed by atoms with Crippen LogP contribution in [0.2, 0.25) is 0 Å². The number of carbonyl (C=O) groups excluding carboxylic acids is 2. The first kappa shape index (κ1) is 17.8. The summed E-state index contributed by atoms with van der Waals surface area (Å²) < 4.78 is 42.1. The second-order valence-corrected chi connectivity index (χ2v) is 6.62. The molecule has 1 aromatic rings. The highest BCUT2D eigenvalue weighted by molar-refractivity contribution is 5.92. The van der Waals surface area contributed by atoms with Gasteiger partial charge in [0.1, 0.15) is 12.7 Å². The Morgan fingerprint density at radius 2 is 1.92 bits per heavy atom. The van der Waals surface area contributed by atoms with Gasteiger partial charge in [0.2, 0.25) is 5.91 Å². The summed E-state index contributed by atoms with van der Waals surface area (Å²) in [6, 6.07) is -0.189. The van der Waals surface area contributed by atoms with E-state index >= 15 is 0 Å². The molecule has 2 heterocycles. The minimum atomic E-state index is -4.49. The Balaban J connectivity index is 1.46. The van der Waals surface area contributed by atoms with Gasteiger partial charge >= 0.3 is 6.18 Å². The molecule has 3 rings (SSSR count). The van der Waals surface area contributed by atoms with E-state index in [-0.39, 0.29) is 30.7 Å². The highest BCUT2D eigenvalue weighted by Gasteiger charge is 2.35. The topological polar surface area (TPSA) is 75.4 Å². The van der Waals surface area contributed by atoms with E-state index in [0.717, 1.165) is 19.3 Å². The molecule has 1 aromatic heterocycles. The molecule has 1 saturated carbocycles. The van der Waals surface area contributed by atoms with Crippen molar-refractivity contribution < 1.29 is 27.2 Å². The Hall–Kier alpha value is -2.06. The Morgan fingerprint density at radius 1 is 1.24 bits per heavy atom. The zero-order chi connectivity index (χ0) is 18.0. The van der Waals surface area contributed by atoms with E-state index < -0.39 is 18.5 Å². The monoisotopic (exact) mass is 359 g/mol. The van der Waals surface area contributed by atoms with Crippen LogP contribution in [0.1, 0.15) is 60.8 Å². The maximum absolute atomic E-state index is 12.3. The van der Waals surface area contributed by atoms with E-state index in [4.69, 9.17) is 4.42 Å². The number of nitrogens with zero attached hydrogens (tertiary/aromatic N) is 2. The number of carbonyl (C=O) groups is 2. The number of nitrogens with one attached hydrogen (secondary N) is 1. The van der Waals surface area contributed by atoms with E-state index in [1.165, 1.54) is 11.2 Å². The average molecular weight is 359 g/mol. The van der Waals surface area contributed by atoms with Gasteiger partial charge in [0.05, 0.1) is 0 Å². The molecule has 0 atom stereocenters. The van der Waals surface area contributed by atoms with Crippen molar-refractivity contribution in [1.29, 1.82) is 0 Å². The molecule has 1 saturated heterocycles. The van der Waals surface area contributed by atoms with Crippen molar-refractivity contribution in [3.63, 3.8) is 0 Å². The first-order valence-electron chi connectivity index (χ1n) is 8.42. The van der Waals surface area contributed by atoms with Crippen molar-refractivity contribution in [2.45, 2.75) is 56.7 Å². The SMILES string of the molecule is O=C(NC1CCN(C(=O)CC(F)(F)F)CC1)c1coc(C2CCC2)n1. The summed E-state index contributed by atoms with van der Waals surface area (Å²) in [5.41, 5.74) is 0.220. The first-order chi connectivity index (χ1) is 11.8. The van der Waals surface area contributed by atoms with Crippen molar-refractivity contribution in [2.24, 2.45) is 0 Å². The summed E-state index contributed by atoms with van der Waals surface area (Å²) in [5, 5.41) is 2.81. The van der Waals surface area contributed by atoms with Crippen LogP contribution in [-0.4, -0.2) is 47.0 Å². The quantitative estimate of drug-likeness (QED) is 0.897. The molecule has 6 nitrogen and oxygen atoms in total. The number of hydrogen-bond acceptors (Lipinski definition) is 4. The number of amides is 2. The predicted molar refractivity (Wildman–Crippen MR) is 80.8 cm³/mol. The van der Waals surface area contributed by atoms with Crippen molar-refractivity contribution >= 4 is 11.8 Å². The zero-order valence-electron chi connectivity index (χ0n) is 13.6. The van der Waals surface area contributed by atoms with Crippen molar-refractivity contribution in [3.05, 3.63) is 17.8 Å². The number of halogens is 3. The van der Waals surface area contributed by atoms with Crippen LogP contribution in [0, 0.1) is 0 Å². The van der Waals surface area contributed by atoms with Crippen LogP contribution in [0.15, 0.2) is 10.7 Å². The highest BCUT2D eigenvalue weighted by Crippen LogP contribution is 2.35. The minimum Gasteiger partial charge on any atom is -0.448 e. The van der Waals surface area contributed by atoms with E-state index in [1.807, 2.05) is 0 Å². The molecule has 2 aliphatic rings. The minimum absolute atomic E-state index is 0.189. The van der Waals surface area contributed by atoms with Gasteiger partial charge in [-0.2, -0.15) is 13.2 Å². The lowest BCUT2D eigenvalue weighted by Crippen LogP contribution is -2.47. The molecule has 1 aliphatic heterocycles. The van der Waals surface area contributed by atoms with Crippen LogP contribution in [0.5, 0.6) is 0 Å². The molecule has 2 amide bonds. The Morgan fingerprint density at radius 3 is 2.48 bits per heavy atom. The zero-order valence-corrected chi connectivity index (χ0v) is 13.6. The summed E-state index contributed by atoms with van der Waals surface area (Å²) in [4.78, 5) is 29.2. The molecule has 0 spiro atoms. The van der Waals surface area contributed by atoms with E-state index in [0.29, 0.717) is 24.7 Å². The van der Waals surface area contributed by atoms with Crippen LogP contribution in [0.25, 0.3) is 0 Å². The van der Waals surface area contributed by atoms with E-state index in [1.54, 1.807) is 0 Å². The van der Waals surface area contributed by atoms with Gasteiger partial charge in [0.25, 0.3) is 5.91 Å². The molecule has 25 heavy (non-hydrogen) atoms. The number of piperidine rings is 1. The smallest absolute Gasteiger partial charge is 0.397 e. The fraction of sp³-hybridized carbons (Fsp3) is 0.688. The summed E-state index contributed by atoms with van der Waals surface area (Å²) in [5.74, 6) is -0.387. The van der Waals surface area contributed by atoms with Crippen molar-refractivity contribution in [2.75, 3.05) is 13.1 Å². The molecular formula is C16H20F3N3O3. The second-order valence-electron chi connectivity index (χ2n) is 6.62.